The van der Waals surface area contributed by atoms with E-state index in [0.717, 1.165) is 6.42 Å². The predicted octanol–water partition coefficient (Wildman–Crippen LogP) is 0.680. The van der Waals surface area contributed by atoms with Gasteiger partial charge < -0.3 is 14.6 Å². The molecule has 70 valence electrons. The summed E-state index contributed by atoms with van der Waals surface area (Å²) in [6.45, 7) is 4.64. The first-order valence-electron chi connectivity index (χ1n) is 3.75. The topological polar surface area (TPSA) is 55.8 Å². The lowest BCUT2D eigenvalue weighted by Gasteiger charge is -2.01. The van der Waals surface area contributed by atoms with E-state index in [9.17, 15) is 4.79 Å². The average Bonchev–Trinajstić information content (AvgIpc) is 2.02. The molecule has 0 aliphatic carbocycles. The first-order valence-corrected chi connectivity index (χ1v) is 3.75. The Kier molecular flexibility index (Phi) is 7.63. The molecule has 0 saturated carbocycles. The van der Waals surface area contributed by atoms with E-state index < -0.39 is 5.97 Å². The van der Waals surface area contributed by atoms with Crippen LogP contribution in [0.15, 0.2) is 12.7 Å². The fourth-order valence-corrected chi connectivity index (χ4v) is 0.546. The van der Waals surface area contributed by atoms with E-state index in [0.29, 0.717) is 19.8 Å². The van der Waals surface area contributed by atoms with Crippen molar-refractivity contribution in [3.05, 3.63) is 12.7 Å². The van der Waals surface area contributed by atoms with Crippen LogP contribution < -0.4 is 0 Å². The van der Waals surface area contributed by atoms with E-state index in [1.165, 1.54) is 0 Å². The van der Waals surface area contributed by atoms with Gasteiger partial charge in [0, 0.05) is 0 Å². The van der Waals surface area contributed by atoms with Crippen molar-refractivity contribution in [1.82, 2.24) is 0 Å². The van der Waals surface area contributed by atoms with Gasteiger partial charge in [0.1, 0.15) is 6.61 Å². The Morgan fingerprint density at radius 3 is 2.58 bits per heavy atom. The molecule has 4 heteroatoms. The van der Waals surface area contributed by atoms with Gasteiger partial charge >= 0.3 is 5.97 Å². The summed E-state index contributed by atoms with van der Waals surface area (Å²) in [7, 11) is 0. The third kappa shape index (κ3) is 9.13. The molecule has 0 aromatic carbocycles. The molecular formula is C8H14O4. The molecule has 12 heavy (non-hydrogen) atoms. The summed E-state index contributed by atoms with van der Waals surface area (Å²) < 4.78 is 9.79. The second-order valence-corrected chi connectivity index (χ2v) is 2.14. The van der Waals surface area contributed by atoms with E-state index in [1.54, 1.807) is 6.08 Å². The molecule has 0 saturated heterocycles. The minimum atomic E-state index is -0.957. The Labute approximate surface area is 71.8 Å². The Bertz CT molecular complexity index is 133. The van der Waals surface area contributed by atoms with Crippen molar-refractivity contribution in [2.45, 2.75) is 6.42 Å². The Morgan fingerprint density at radius 1 is 1.33 bits per heavy atom. The van der Waals surface area contributed by atoms with E-state index in [4.69, 9.17) is 14.6 Å². The molecule has 0 rings (SSSR count). The van der Waals surface area contributed by atoms with Crippen molar-refractivity contribution in [2.24, 2.45) is 0 Å². The van der Waals surface area contributed by atoms with Crippen molar-refractivity contribution in [3.63, 3.8) is 0 Å². The average molecular weight is 174 g/mol. The SMILES string of the molecule is C=CCCOCCOCC(=O)O. The standard InChI is InChI=1S/C8H14O4/c1-2-3-4-11-5-6-12-7-8(9)10/h2H,1,3-7H2,(H,9,10). The molecule has 0 spiro atoms. The fourth-order valence-electron chi connectivity index (χ4n) is 0.546. The van der Waals surface area contributed by atoms with Crippen LogP contribution in [-0.4, -0.2) is 37.5 Å². The van der Waals surface area contributed by atoms with Gasteiger partial charge in [-0.2, -0.15) is 0 Å². The minimum Gasteiger partial charge on any atom is -0.480 e. The lowest BCUT2D eigenvalue weighted by Crippen LogP contribution is -2.11. The number of ether oxygens (including phenoxy) is 2. The van der Waals surface area contributed by atoms with Crippen molar-refractivity contribution >= 4 is 5.97 Å². The molecule has 0 fully saturated rings. The van der Waals surface area contributed by atoms with Gasteiger partial charge in [-0.3, -0.25) is 0 Å². The number of hydrogen-bond donors (Lipinski definition) is 1. The van der Waals surface area contributed by atoms with Gasteiger partial charge in [-0.1, -0.05) is 6.08 Å². The van der Waals surface area contributed by atoms with Gasteiger partial charge in [0.05, 0.1) is 19.8 Å². The van der Waals surface area contributed by atoms with Crippen LogP contribution in [0, 0.1) is 0 Å². The molecule has 0 atom stereocenters. The lowest BCUT2D eigenvalue weighted by molar-refractivity contribution is -0.142. The molecule has 0 aliphatic heterocycles. The van der Waals surface area contributed by atoms with E-state index >= 15 is 0 Å². The van der Waals surface area contributed by atoms with Crippen LogP contribution in [0.3, 0.4) is 0 Å². The third-order valence-corrected chi connectivity index (χ3v) is 1.06. The summed E-state index contributed by atoms with van der Waals surface area (Å²) >= 11 is 0. The van der Waals surface area contributed by atoms with Crippen LogP contribution in [0.1, 0.15) is 6.42 Å². The third-order valence-electron chi connectivity index (χ3n) is 1.06. The zero-order valence-corrected chi connectivity index (χ0v) is 6.99. The minimum absolute atomic E-state index is 0.259. The van der Waals surface area contributed by atoms with Gasteiger partial charge in [0.15, 0.2) is 0 Å². The highest BCUT2D eigenvalue weighted by molar-refractivity contribution is 5.67. The molecule has 0 radical (unpaired) electrons. The Hall–Kier alpha value is -0.870. The largest absolute Gasteiger partial charge is 0.480 e. The highest BCUT2D eigenvalue weighted by atomic mass is 16.5. The van der Waals surface area contributed by atoms with Gasteiger partial charge in [0.2, 0.25) is 0 Å². The molecule has 0 amide bonds. The van der Waals surface area contributed by atoms with E-state index in [-0.39, 0.29) is 6.61 Å². The predicted molar refractivity (Wildman–Crippen MR) is 44.1 cm³/mol. The molecule has 0 aromatic rings. The van der Waals surface area contributed by atoms with Gasteiger partial charge in [-0.25, -0.2) is 4.79 Å². The molecule has 0 aliphatic rings. The van der Waals surface area contributed by atoms with Gasteiger partial charge in [-0.15, -0.1) is 6.58 Å². The molecule has 0 bridgehead atoms. The Morgan fingerprint density at radius 2 is 2.00 bits per heavy atom. The number of carbonyl (C=O) groups is 1. The van der Waals surface area contributed by atoms with E-state index in [2.05, 4.69) is 6.58 Å². The normalized spacial score (nSPS) is 9.67. The first kappa shape index (κ1) is 11.1. The van der Waals surface area contributed by atoms with Crippen LogP contribution in [-0.2, 0) is 14.3 Å². The van der Waals surface area contributed by atoms with Crippen molar-refractivity contribution in [2.75, 3.05) is 26.4 Å². The summed E-state index contributed by atoms with van der Waals surface area (Å²) in [5.41, 5.74) is 0. The second kappa shape index (κ2) is 8.23. The van der Waals surface area contributed by atoms with Crippen molar-refractivity contribution in [3.8, 4) is 0 Å². The summed E-state index contributed by atoms with van der Waals surface area (Å²) in [5, 5.41) is 8.18. The zero-order valence-electron chi connectivity index (χ0n) is 6.99. The monoisotopic (exact) mass is 174 g/mol. The summed E-state index contributed by atoms with van der Waals surface area (Å²) in [6.07, 6.45) is 2.57. The Balaban J connectivity index is 2.90. The van der Waals surface area contributed by atoms with Crippen LogP contribution in [0.2, 0.25) is 0 Å². The quantitative estimate of drug-likeness (QED) is 0.434. The highest BCUT2D eigenvalue weighted by Crippen LogP contribution is 1.83. The number of aliphatic carboxylic acids is 1. The maximum Gasteiger partial charge on any atom is 0.329 e. The molecular weight excluding hydrogens is 160 g/mol. The van der Waals surface area contributed by atoms with E-state index in [1.807, 2.05) is 0 Å². The number of hydrogen-bond acceptors (Lipinski definition) is 3. The van der Waals surface area contributed by atoms with Crippen LogP contribution in [0.4, 0.5) is 0 Å². The molecule has 0 heterocycles. The smallest absolute Gasteiger partial charge is 0.329 e. The van der Waals surface area contributed by atoms with Crippen molar-refractivity contribution in [1.29, 1.82) is 0 Å². The van der Waals surface area contributed by atoms with Gasteiger partial charge in [-0.05, 0) is 6.42 Å². The molecule has 0 aromatic heterocycles. The maximum atomic E-state index is 9.96. The lowest BCUT2D eigenvalue weighted by atomic mass is 10.5. The molecule has 1 N–H and O–H groups in total. The summed E-state index contributed by atoms with van der Waals surface area (Å²) in [6, 6.07) is 0. The first-order chi connectivity index (χ1) is 5.77. The molecule has 4 nitrogen and oxygen atoms in total. The number of carboxylic acid groups (broad SMARTS) is 1. The second-order valence-electron chi connectivity index (χ2n) is 2.14. The number of carboxylic acids is 1. The van der Waals surface area contributed by atoms with Gasteiger partial charge in [0.25, 0.3) is 0 Å². The summed E-state index contributed by atoms with van der Waals surface area (Å²) in [5.74, 6) is -0.957. The maximum absolute atomic E-state index is 9.96. The van der Waals surface area contributed by atoms with Crippen molar-refractivity contribution < 1.29 is 19.4 Å². The van der Waals surface area contributed by atoms with Crippen LogP contribution in [0.5, 0.6) is 0 Å². The summed E-state index contributed by atoms with van der Waals surface area (Å²) in [4.78, 5) is 9.96. The number of rotatable bonds is 8. The van der Waals surface area contributed by atoms with Crippen LogP contribution >= 0.6 is 0 Å². The fraction of sp³-hybridized carbons (Fsp3) is 0.625. The molecule has 0 unspecified atom stereocenters. The zero-order chi connectivity index (χ0) is 9.23. The van der Waals surface area contributed by atoms with Crippen LogP contribution in [0.25, 0.3) is 0 Å². The highest BCUT2D eigenvalue weighted by Gasteiger charge is 1.94.